The van der Waals surface area contributed by atoms with Crippen molar-refractivity contribution in [2.75, 3.05) is 18.6 Å². The summed E-state index contributed by atoms with van der Waals surface area (Å²) in [5, 5.41) is 42.3. The van der Waals surface area contributed by atoms with E-state index in [0.717, 1.165) is 37.4 Å². The first-order valence-corrected chi connectivity index (χ1v) is 13.0. The lowest BCUT2D eigenvalue weighted by Crippen LogP contribution is -2.57. The van der Waals surface area contributed by atoms with Gasteiger partial charge in [-0.2, -0.15) is 8.42 Å². The van der Waals surface area contributed by atoms with Crippen molar-refractivity contribution in [2.45, 2.75) is 68.4 Å². The van der Waals surface area contributed by atoms with Gasteiger partial charge in [0.2, 0.25) is 0 Å². The molecule has 0 aromatic heterocycles. The molecule has 6 unspecified atom stereocenters. The largest absolute Gasteiger partial charge is 0.714 e. The minimum Gasteiger partial charge on any atom is -0.714 e. The molecule has 1 saturated heterocycles. The van der Waals surface area contributed by atoms with Crippen molar-refractivity contribution in [2.24, 2.45) is 5.16 Å². The molecule has 0 radical (unpaired) electrons. The van der Waals surface area contributed by atoms with Gasteiger partial charge in [-0.3, -0.25) is 8.49 Å². The van der Waals surface area contributed by atoms with Gasteiger partial charge in [-0.25, -0.2) is 0 Å². The van der Waals surface area contributed by atoms with Crippen LogP contribution >= 0.6 is 11.8 Å². The Morgan fingerprint density at radius 3 is 2.34 bits per heavy atom. The van der Waals surface area contributed by atoms with E-state index in [1.54, 1.807) is 6.26 Å². The lowest BCUT2D eigenvalue weighted by molar-refractivity contribution is -0.205. The van der Waals surface area contributed by atoms with Crippen LogP contribution in [-0.2, 0) is 30.2 Å². The highest BCUT2D eigenvalue weighted by molar-refractivity contribution is 8.14. The summed E-state index contributed by atoms with van der Waals surface area (Å²) in [6.07, 6.45) is -0.0138. The first-order valence-electron chi connectivity index (χ1n) is 9.03. The van der Waals surface area contributed by atoms with Gasteiger partial charge in [0.15, 0.2) is 0 Å². The summed E-state index contributed by atoms with van der Waals surface area (Å²) >= 11 is 0.739. The number of ether oxygens (including phenoxy) is 1. The average molecular weight is 479 g/mol. The van der Waals surface area contributed by atoms with Gasteiger partial charge in [0.25, 0.3) is 10.4 Å². The zero-order valence-corrected chi connectivity index (χ0v) is 18.4. The second-order valence-electron chi connectivity index (χ2n) is 6.58. The summed E-state index contributed by atoms with van der Waals surface area (Å²) < 4.78 is 52.3. The third kappa shape index (κ3) is 10.5. The molecule has 0 spiro atoms. The first-order chi connectivity index (χ1) is 13.5. The quantitative estimate of drug-likeness (QED) is 0.0675. The summed E-state index contributed by atoms with van der Waals surface area (Å²) in [6.45, 7) is -0.609. The molecule has 1 fully saturated rings. The number of aliphatic hydroxyl groups is 4. The van der Waals surface area contributed by atoms with Crippen molar-refractivity contribution < 1.29 is 46.6 Å². The number of unbranched alkanes of at least 4 members (excludes halogenated alkanes) is 4. The smallest absolute Gasteiger partial charge is 0.284 e. The van der Waals surface area contributed by atoms with Crippen LogP contribution in [0.1, 0.15) is 38.5 Å². The number of aliphatic hydroxyl groups excluding tert-OH is 4. The van der Waals surface area contributed by atoms with E-state index in [1.807, 2.05) is 0 Å². The topological polar surface area (TPSA) is 186 Å². The molecule has 1 aliphatic rings. The van der Waals surface area contributed by atoms with Crippen molar-refractivity contribution in [1.82, 2.24) is 0 Å². The van der Waals surface area contributed by atoms with Gasteiger partial charge in [0.05, 0.1) is 6.61 Å². The van der Waals surface area contributed by atoms with Crippen LogP contribution in [0.15, 0.2) is 5.16 Å². The summed E-state index contributed by atoms with van der Waals surface area (Å²) in [4.78, 5) is 0. The fourth-order valence-electron chi connectivity index (χ4n) is 2.62. The first kappa shape index (κ1) is 26.7. The molecule has 11 nitrogen and oxygen atoms in total. The number of oxime groups is 1. The minimum atomic E-state index is -5.07. The maximum atomic E-state index is 11.0. The van der Waals surface area contributed by atoms with E-state index < -0.39 is 57.7 Å². The third-order valence-electron chi connectivity index (χ3n) is 4.15. The van der Waals surface area contributed by atoms with Crippen LogP contribution < -0.4 is 0 Å². The van der Waals surface area contributed by atoms with Crippen molar-refractivity contribution in [3.63, 3.8) is 0 Å². The molecule has 172 valence electrons. The van der Waals surface area contributed by atoms with Crippen LogP contribution in [0.4, 0.5) is 0 Å². The highest BCUT2D eigenvalue weighted by atomic mass is 32.3. The fraction of sp³-hybridized carbons (Fsp3) is 0.933. The Morgan fingerprint density at radius 1 is 1.14 bits per heavy atom. The summed E-state index contributed by atoms with van der Waals surface area (Å²) in [7, 11) is -5.90. The predicted octanol–water partition coefficient (Wildman–Crippen LogP) is -0.971. The molecule has 4 N–H and O–H groups in total. The molecule has 1 rings (SSSR count). The summed E-state index contributed by atoms with van der Waals surface area (Å²) in [6, 6.07) is 0. The van der Waals surface area contributed by atoms with Gasteiger partial charge in [-0.05, 0) is 19.3 Å². The molecule has 0 aliphatic carbocycles. The van der Waals surface area contributed by atoms with E-state index in [9.17, 15) is 37.6 Å². The van der Waals surface area contributed by atoms with Crippen LogP contribution in [0.3, 0.4) is 0 Å². The number of hydrogen-bond donors (Lipinski definition) is 4. The van der Waals surface area contributed by atoms with Gasteiger partial charge in [-0.15, -0.1) is 0 Å². The molecule has 0 aromatic carbocycles. The maximum Gasteiger partial charge on any atom is 0.284 e. The van der Waals surface area contributed by atoms with E-state index in [0.29, 0.717) is 12.2 Å². The molecular weight excluding hydrogens is 450 g/mol. The van der Waals surface area contributed by atoms with Crippen LogP contribution in [0.5, 0.6) is 0 Å². The van der Waals surface area contributed by atoms with Crippen molar-refractivity contribution in [3.8, 4) is 0 Å². The van der Waals surface area contributed by atoms with Crippen molar-refractivity contribution in [3.05, 3.63) is 0 Å². The molecule has 29 heavy (non-hydrogen) atoms. The summed E-state index contributed by atoms with van der Waals surface area (Å²) in [5.74, 6) is 0.634. The zero-order valence-electron chi connectivity index (χ0n) is 16.0. The zero-order chi connectivity index (χ0) is 22.0. The molecule has 1 aliphatic heterocycles. The van der Waals surface area contributed by atoms with Gasteiger partial charge in [0.1, 0.15) is 34.9 Å². The number of rotatable bonds is 12. The molecule has 0 saturated carbocycles. The lowest BCUT2D eigenvalue weighted by atomic mass is 10.0. The number of hydrogen-bond acceptors (Lipinski definition) is 12. The number of nitrogens with zero attached hydrogens (tertiary/aromatic N) is 1. The molecular formula is C15H28NO10S3-. The second kappa shape index (κ2) is 13.2. The van der Waals surface area contributed by atoms with E-state index in [1.165, 1.54) is 0 Å². The van der Waals surface area contributed by atoms with E-state index in [2.05, 4.69) is 9.44 Å². The molecule has 0 amide bonds. The number of thioether (sulfide) groups is 1. The molecule has 0 aromatic rings. The van der Waals surface area contributed by atoms with Gasteiger partial charge in [0, 0.05) is 22.8 Å². The Morgan fingerprint density at radius 2 is 1.76 bits per heavy atom. The van der Waals surface area contributed by atoms with Gasteiger partial charge >= 0.3 is 0 Å². The molecule has 0 bridgehead atoms. The van der Waals surface area contributed by atoms with Crippen molar-refractivity contribution >= 4 is 38.0 Å². The Kier molecular flexibility index (Phi) is 12.1. The molecule has 1 heterocycles. The Balaban J connectivity index is 2.64. The van der Waals surface area contributed by atoms with E-state index in [4.69, 9.17) is 4.74 Å². The highest BCUT2D eigenvalue weighted by Gasteiger charge is 2.44. The summed E-state index contributed by atoms with van der Waals surface area (Å²) in [5.41, 5.74) is -1.17. The lowest BCUT2D eigenvalue weighted by Gasteiger charge is -2.39. The average Bonchev–Trinajstić information content (AvgIpc) is 2.64. The minimum absolute atomic E-state index is 0.0448. The third-order valence-corrected chi connectivity index (χ3v) is 6.45. The Labute approximate surface area is 176 Å². The van der Waals surface area contributed by atoms with Crippen LogP contribution in [0, 0.1) is 0 Å². The molecule has 6 atom stereocenters. The normalized spacial score (nSPS) is 29.6. The maximum absolute atomic E-state index is 11.0. The van der Waals surface area contributed by atoms with Gasteiger partial charge in [-0.1, -0.05) is 36.2 Å². The van der Waals surface area contributed by atoms with Crippen LogP contribution in [0.2, 0.25) is 0 Å². The van der Waals surface area contributed by atoms with Gasteiger partial charge < -0.3 is 29.7 Å². The fourth-order valence-corrected chi connectivity index (χ4v) is 4.57. The monoisotopic (exact) mass is 478 g/mol. The predicted molar refractivity (Wildman–Crippen MR) is 106 cm³/mol. The van der Waals surface area contributed by atoms with Crippen LogP contribution in [0.25, 0.3) is 0 Å². The van der Waals surface area contributed by atoms with E-state index >= 15 is 0 Å². The van der Waals surface area contributed by atoms with E-state index in [-0.39, 0.29) is 11.5 Å². The standard InChI is InChI=1S/C15H29NO10S3/c1-28(21)8-6-4-2-3-5-7-11(16-26-29(22,23)24)27-15-14(20)13(19)12(18)10(9-17)25-15/h10,12-15,17-20H,2-9H2,1H3,(H,22,23,24)/p-1/b16-11-. The second-order valence-corrected chi connectivity index (χ2v) is 10.3. The Hall–Kier alpha value is -0.320. The Bertz CT molecular complexity index is 642. The van der Waals surface area contributed by atoms with Crippen molar-refractivity contribution in [1.29, 1.82) is 0 Å². The van der Waals surface area contributed by atoms with Crippen LogP contribution in [-0.4, -0.2) is 91.1 Å². The SMILES string of the molecule is CS(=O)CCCCCCC/C(=N/OS(=O)(=O)[O-])SC1OC(CO)C(O)C(O)C1O. The molecule has 14 heteroatoms. The highest BCUT2D eigenvalue weighted by Crippen LogP contribution is 2.30.